The van der Waals surface area contributed by atoms with Crippen LogP contribution in [0.2, 0.25) is 5.02 Å². The molecule has 0 atom stereocenters. The number of aromatic nitrogens is 4. The minimum Gasteiger partial charge on any atom is -0.480 e. The highest BCUT2D eigenvalue weighted by molar-refractivity contribution is 9.10. The number of carbonyl (C=O) groups is 2. The smallest absolute Gasteiger partial charge is 0.325 e. The Labute approximate surface area is 161 Å². The summed E-state index contributed by atoms with van der Waals surface area (Å²) in [6, 6.07) is 9.18. The first-order valence-corrected chi connectivity index (χ1v) is 8.62. The lowest BCUT2D eigenvalue weighted by atomic mass is 10.2. The van der Waals surface area contributed by atoms with Crippen LogP contribution in [-0.4, -0.2) is 36.5 Å². The molecular formula is C16H13BrClN5O3. The number of carbonyl (C=O) groups excluding carboxylic acids is 1. The molecule has 2 heterocycles. The van der Waals surface area contributed by atoms with Crippen molar-refractivity contribution in [1.82, 2.24) is 19.6 Å². The van der Waals surface area contributed by atoms with Gasteiger partial charge in [-0.15, -0.1) is 0 Å². The molecule has 0 saturated heterocycles. The van der Waals surface area contributed by atoms with E-state index < -0.39 is 11.9 Å². The minimum absolute atomic E-state index is 0.0739. The fourth-order valence-electron chi connectivity index (χ4n) is 2.22. The molecule has 0 unspecified atom stereocenters. The topological polar surface area (TPSA) is 102 Å². The van der Waals surface area contributed by atoms with Gasteiger partial charge in [-0.1, -0.05) is 39.7 Å². The number of carboxylic acids is 1. The molecule has 8 nitrogen and oxygen atoms in total. The average Bonchev–Trinajstić information content (AvgIpc) is 3.16. The van der Waals surface area contributed by atoms with Crippen molar-refractivity contribution in [2.45, 2.75) is 13.1 Å². The number of hydrogen-bond donors (Lipinski definition) is 2. The molecule has 26 heavy (non-hydrogen) atoms. The monoisotopic (exact) mass is 437 g/mol. The third-order valence-corrected chi connectivity index (χ3v) is 4.18. The first-order chi connectivity index (χ1) is 12.4. The number of amides is 1. The zero-order chi connectivity index (χ0) is 18.7. The molecule has 3 aromatic rings. The summed E-state index contributed by atoms with van der Waals surface area (Å²) in [4.78, 5) is 22.9. The number of nitrogens with one attached hydrogen (secondary N) is 1. The Balaban J connectivity index is 1.68. The summed E-state index contributed by atoms with van der Waals surface area (Å²) in [5, 5.41) is 19.8. The Bertz CT molecular complexity index is 951. The van der Waals surface area contributed by atoms with E-state index in [2.05, 4.69) is 31.4 Å². The van der Waals surface area contributed by atoms with Crippen molar-refractivity contribution in [2.75, 3.05) is 5.32 Å². The van der Waals surface area contributed by atoms with Gasteiger partial charge in [-0.25, -0.2) is 0 Å². The summed E-state index contributed by atoms with van der Waals surface area (Å²) in [5.41, 5.74) is 1.10. The lowest BCUT2D eigenvalue weighted by molar-refractivity contribution is -0.137. The molecule has 1 aromatic carbocycles. The Morgan fingerprint density at radius 1 is 1.15 bits per heavy atom. The summed E-state index contributed by atoms with van der Waals surface area (Å²) in [5.74, 6) is -1.36. The molecule has 0 bridgehead atoms. The van der Waals surface area contributed by atoms with E-state index in [0.29, 0.717) is 11.6 Å². The predicted octanol–water partition coefficient (Wildman–Crippen LogP) is 2.88. The van der Waals surface area contributed by atoms with Gasteiger partial charge < -0.3 is 10.4 Å². The van der Waals surface area contributed by atoms with E-state index in [1.165, 1.54) is 12.3 Å². The minimum atomic E-state index is -1.05. The molecule has 3 rings (SSSR count). The average molecular weight is 439 g/mol. The predicted molar refractivity (Wildman–Crippen MR) is 98.3 cm³/mol. The van der Waals surface area contributed by atoms with E-state index in [1.807, 2.05) is 24.3 Å². The molecular weight excluding hydrogens is 426 g/mol. The molecule has 0 aliphatic heterocycles. The molecule has 134 valence electrons. The van der Waals surface area contributed by atoms with Gasteiger partial charge in [0.1, 0.15) is 11.6 Å². The van der Waals surface area contributed by atoms with Gasteiger partial charge in [0, 0.05) is 16.9 Å². The van der Waals surface area contributed by atoms with Crippen LogP contribution in [0.25, 0.3) is 0 Å². The number of rotatable bonds is 6. The summed E-state index contributed by atoms with van der Waals surface area (Å²) in [7, 11) is 0. The molecule has 2 N–H and O–H groups in total. The van der Waals surface area contributed by atoms with Gasteiger partial charge in [-0.3, -0.25) is 19.0 Å². The van der Waals surface area contributed by atoms with E-state index in [4.69, 9.17) is 16.7 Å². The Kier molecular flexibility index (Phi) is 5.38. The van der Waals surface area contributed by atoms with Crippen molar-refractivity contribution in [2.24, 2.45) is 0 Å². The van der Waals surface area contributed by atoms with Gasteiger partial charge in [-0.05, 0) is 23.8 Å². The van der Waals surface area contributed by atoms with E-state index >= 15 is 0 Å². The van der Waals surface area contributed by atoms with Crippen LogP contribution in [0.5, 0.6) is 0 Å². The number of carboxylic acid groups (broad SMARTS) is 1. The van der Waals surface area contributed by atoms with Crippen molar-refractivity contribution >= 4 is 45.2 Å². The maximum atomic E-state index is 12.2. The normalized spacial score (nSPS) is 10.7. The highest BCUT2D eigenvalue weighted by Crippen LogP contribution is 2.21. The van der Waals surface area contributed by atoms with Crippen LogP contribution >= 0.6 is 27.5 Å². The molecule has 0 radical (unpaired) electrons. The molecule has 1 amide bonds. The second-order valence-electron chi connectivity index (χ2n) is 5.40. The molecule has 0 spiro atoms. The summed E-state index contributed by atoms with van der Waals surface area (Å²) in [6.45, 7) is 0.173. The lowest BCUT2D eigenvalue weighted by Crippen LogP contribution is -2.15. The van der Waals surface area contributed by atoms with Crippen LogP contribution in [0.3, 0.4) is 0 Å². The van der Waals surface area contributed by atoms with Gasteiger partial charge in [0.2, 0.25) is 0 Å². The molecule has 2 aromatic heterocycles. The molecule has 10 heteroatoms. The van der Waals surface area contributed by atoms with Crippen LogP contribution in [0.15, 0.2) is 47.2 Å². The molecule has 0 fully saturated rings. The number of aliphatic carboxylic acids is 1. The summed E-state index contributed by atoms with van der Waals surface area (Å²) in [6.07, 6.45) is 3.03. The van der Waals surface area contributed by atoms with Gasteiger partial charge in [0.05, 0.1) is 6.54 Å². The van der Waals surface area contributed by atoms with Gasteiger partial charge in [0.15, 0.2) is 11.5 Å². The van der Waals surface area contributed by atoms with Crippen molar-refractivity contribution < 1.29 is 14.7 Å². The summed E-state index contributed by atoms with van der Waals surface area (Å²) >= 11 is 9.51. The third kappa shape index (κ3) is 4.50. The maximum absolute atomic E-state index is 12.2. The second-order valence-corrected chi connectivity index (χ2v) is 6.72. The number of hydrogen-bond acceptors (Lipinski definition) is 4. The van der Waals surface area contributed by atoms with E-state index in [9.17, 15) is 9.59 Å². The highest BCUT2D eigenvalue weighted by Gasteiger charge is 2.15. The molecule has 0 aliphatic carbocycles. The van der Waals surface area contributed by atoms with Crippen LogP contribution in [0.4, 0.5) is 5.82 Å². The molecule has 0 aliphatic rings. The summed E-state index contributed by atoms with van der Waals surface area (Å²) < 4.78 is 3.75. The number of benzene rings is 1. The van der Waals surface area contributed by atoms with Crippen LogP contribution < -0.4 is 5.32 Å². The Morgan fingerprint density at radius 2 is 1.88 bits per heavy atom. The Hall–Kier alpha value is -2.65. The van der Waals surface area contributed by atoms with Crippen molar-refractivity contribution in [3.63, 3.8) is 0 Å². The quantitative estimate of drug-likeness (QED) is 0.616. The largest absolute Gasteiger partial charge is 0.480 e. The lowest BCUT2D eigenvalue weighted by Gasteiger charge is -2.02. The highest BCUT2D eigenvalue weighted by atomic mass is 79.9. The van der Waals surface area contributed by atoms with E-state index in [0.717, 1.165) is 14.7 Å². The van der Waals surface area contributed by atoms with Gasteiger partial charge in [-0.2, -0.15) is 10.2 Å². The first-order valence-electron chi connectivity index (χ1n) is 7.45. The van der Waals surface area contributed by atoms with Crippen molar-refractivity contribution in [1.29, 1.82) is 0 Å². The number of anilines is 1. The SMILES string of the molecule is O=C(O)Cn1ccc(C(=O)Nc2nn(Cc3ccc(Br)cc3)cc2Cl)n1. The first kappa shape index (κ1) is 18.2. The van der Waals surface area contributed by atoms with Gasteiger partial charge >= 0.3 is 5.97 Å². The fourth-order valence-corrected chi connectivity index (χ4v) is 2.68. The zero-order valence-electron chi connectivity index (χ0n) is 13.3. The fraction of sp³-hybridized carbons (Fsp3) is 0.125. The van der Waals surface area contributed by atoms with Crippen LogP contribution in [-0.2, 0) is 17.9 Å². The van der Waals surface area contributed by atoms with E-state index in [1.54, 1.807) is 10.9 Å². The maximum Gasteiger partial charge on any atom is 0.325 e. The molecule has 0 saturated carbocycles. The third-order valence-electron chi connectivity index (χ3n) is 3.38. The van der Waals surface area contributed by atoms with Crippen molar-refractivity contribution in [3.05, 3.63) is 63.5 Å². The second kappa shape index (κ2) is 7.71. The Morgan fingerprint density at radius 3 is 2.58 bits per heavy atom. The standard InChI is InChI=1S/C16H13BrClN5O3/c17-11-3-1-10(2-4-11)7-23-8-12(18)15(21-23)19-16(26)13-5-6-22(20-13)9-14(24)25/h1-6,8H,7,9H2,(H,24,25)(H,19,21,26). The zero-order valence-corrected chi connectivity index (χ0v) is 15.6. The number of nitrogens with zero attached hydrogens (tertiary/aromatic N) is 4. The van der Waals surface area contributed by atoms with Crippen molar-refractivity contribution in [3.8, 4) is 0 Å². The number of halogens is 2. The van der Waals surface area contributed by atoms with Crippen LogP contribution in [0.1, 0.15) is 16.1 Å². The van der Waals surface area contributed by atoms with E-state index in [-0.39, 0.29) is 18.1 Å². The van der Waals surface area contributed by atoms with Gasteiger partial charge in [0.25, 0.3) is 5.91 Å². The van der Waals surface area contributed by atoms with Crippen LogP contribution in [0, 0.1) is 0 Å².